The van der Waals surface area contributed by atoms with Crippen molar-refractivity contribution in [1.29, 1.82) is 5.26 Å². The van der Waals surface area contributed by atoms with Gasteiger partial charge in [-0.2, -0.15) is 5.26 Å². The Morgan fingerprint density at radius 3 is 2.87 bits per heavy atom. The van der Waals surface area contributed by atoms with Crippen LogP contribution in [0.15, 0.2) is 29.4 Å². The molecular weight excluding hydrogens is 212 g/mol. The second kappa shape index (κ2) is 3.92. The zero-order valence-electron chi connectivity index (χ0n) is 8.14. The lowest BCUT2D eigenvalue weighted by Gasteiger charge is -2.13. The first-order valence-electron chi connectivity index (χ1n) is 4.58. The van der Waals surface area contributed by atoms with Gasteiger partial charge < -0.3 is 4.84 Å². The van der Waals surface area contributed by atoms with E-state index in [4.69, 9.17) is 21.7 Å². The molecule has 1 aliphatic heterocycles. The quantitative estimate of drug-likeness (QED) is 0.731. The Labute approximate surface area is 92.9 Å². The fourth-order valence-electron chi connectivity index (χ4n) is 1.58. The molecule has 0 saturated carbocycles. The van der Waals surface area contributed by atoms with E-state index >= 15 is 0 Å². The van der Waals surface area contributed by atoms with E-state index in [2.05, 4.69) is 11.2 Å². The summed E-state index contributed by atoms with van der Waals surface area (Å²) in [6.07, 6.45) is -0.372. The van der Waals surface area contributed by atoms with Crippen LogP contribution in [0.4, 0.5) is 0 Å². The predicted octanol–water partition coefficient (Wildman–Crippen LogP) is 2.93. The zero-order chi connectivity index (χ0) is 10.8. The Morgan fingerprint density at radius 2 is 2.20 bits per heavy atom. The van der Waals surface area contributed by atoms with Gasteiger partial charge in [0.2, 0.25) is 0 Å². The van der Waals surface area contributed by atoms with Crippen LogP contribution in [0.3, 0.4) is 0 Å². The van der Waals surface area contributed by atoms with Crippen molar-refractivity contribution in [2.24, 2.45) is 11.1 Å². The van der Waals surface area contributed by atoms with Gasteiger partial charge in [0.05, 0.1) is 11.8 Å². The third-order valence-electron chi connectivity index (χ3n) is 2.41. The average Bonchev–Trinajstić information content (AvgIpc) is 2.60. The minimum atomic E-state index is -0.372. The molecule has 0 unspecified atom stereocenters. The maximum atomic E-state index is 9.01. The van der Waals surface area contributed by atoms with Crippen molar-refractivity contribution in [3.63, 3.8) is 0 Å². The highest BCUT2D eigenvalue weighted by molar-refractivity contribution is 6.31. The standard InChI is InChI=1S/C11H9ClN2O/c1-7-9(6-13)11(15-14-7)8-4-2-3-5-10(8)12/h2-5,9,11H,1H3/t9-,11-/m1/s1. The summed E-state index contributed by atoms with van der Waals surface area (Å²) < 4.78 is 0. The molecule has 0 fully saturated rings. The van der Waals surface area contributed by atoms with E-state index in [1.807, 2.05) is 18.2 Å². The van der Waals surface area contributed by atoms with Gasteiger partial charge in [-0.05, 0) is 13.0 Å². The van der Waals surface area contributed by atoms with Crippen LogP contribution in [-0.4, -0.2) is 5.71 Å². The molecule has 2 rings (SSSR count). The van der Waals surface area contributed by atoms with Crippen LogP contribution in [0.25, 0.3) is 0 Å². The maximum absolute atomic E-state index is 9.01. The molecule has 0 amide bonds. The summed E-state index contributed by atoms with van der Waals surface area (Å²) in [5, 5.41) is 13.4. The van der Waals surface area contributed by atoms with Crippen molar-refractivity contribution in [3.8, 4) is 6.07 Å². The van der Waals surface area contributed by atoms with E-state index < -0.39 is 0 Å². The van der Waals surface area contributed by atoms with Crippen LogP contribution in [0.2, 0.25) is 5.02 Å². The van der Waals surface area contributed by atoms with Crippen molar-refractivity contribution in [2.75, 3.05) is 0 Å². The SMILES string of the molecule is CC1=NO[C@H](c2ccccc2Cl)[C@@H]1C#N. The third kappa shape index (κ3) is 1.69. The monoisotopic (exact) mass is 220 g/mol. The number of hydrogen-bond donors (Lipinski definition) is 0. The smallest absolute Gasteiger partial charge is 0.175 e. The number of benzene rings is 1. The summed E-state index contributed by atoms with van der Waals surface area (Å²) in [5.41, 5.74) is 1.51. The van der Waals surface area contributed by atoms with Crippen LogP contribution < -0.4 is 0 Å². The summed E-state index contributed by atoms with van der Waals surface area (Å²) >= 11 is 6.03. The largest absolute Gasteiger partial charge is 0.386 e. The number of oxime groups is 1. The minimum absolute atomic E-state index is 0.343. The minimum Gasteiger partial charge on any atom is -0.386 e. The second-order valence-electron chi connectivity index (χ2n) is 3.39. The third-order valence-corrected chi connectivity index (χ3v) is 2.76. The van der Waals surface area contributed by atoms with Crippen LogP contribution in [0.1, 0.15) is 18.6 Å². The van der Waals surface area contributed by atoms with Gasteiger partial charge in [0, 0.05) is 10.6 Å². The van der Waals surface area contributed by atoms with E-state index in [9.17, 15) is 0 Å². The zero-order valence-corrected chi connectivity index (χ0v) is 8.90. The summed E-state index contributed by atoms with van der Waals surface area (Å²) in [7, 11) is 0. The van der Waals surface area contributed by atoms with E-state index in [1.54, 1.807) is 13.0 Å². The molecule has 0 spiro atoms. The molecule has 76 valence electrons. The average molecular weight is 221 g/mol. The molecule has 0 aliphatic carbocycles. The molecule has 0 radical (unpaired) electrons. The molecule has 3 nitrogen and oxygen atoms in total. The fourth-order valence-corrected chi connectivity index (χ4v) is 1.82. The first-order valence-corrected chi connectivity index (χ1v) is 4.96. The summed E-state index contributed by atoms with van der Waals surface area (Å²) in [4.78, 5) is 5.22. The number of nitriles is 1. The molecule has 4 heteroatoms. The first kappa shape index (κ1) is 10.0. The van der Waals surface area contributed by atoms with Crippen LogP contribution in [-0.2, 0) is 4.84 Å². The molecule has 1 aliphatic rings. The highest BCUT2D eigenvalue weighted by atomic mass is 35.5. The van der Waals surface area contributed by atoms with E-state index in [0.717, 1.165) is 5.56 Å². The normalized spacial score (nSPS) is 24.2. The van der Waals surface area contributed by atoms with Gasteiger partial charge in [-0.15, -0.1) is 0 Å². The highest BCUT2D eigenvalue weighted by Gasteiger charge is 2.34. The Morgan fingerprint density at radius 1 is 1.47 bits per heavy atom. The lowest BCUT2D eigenvalue weighted by molar-refractivity contribution is 0.0722. The molecule has 0 aromatic heterocycles. The summed E-state index contributed by atoms with van der Waals surface area (Å²) in [6.45, 7) is 1.78. The first-order chi connectivity index (χ1) is 7.24. The van der Waals surface area contributed by atoms with E-state index in [-0.39, 0.29) is 12.0 Å². The molecule has 1 heterocycles. The number of halogens is 1. The lowest BCUT2D eigenvalue weighted by Crippen LogP contribution is -2.13. The fraction of sp³-hybridized carbons (Fsp3) is 0.273. The number of hydrogen-bond acceptors (Lipinski definition) is 3. The second-order valence-corrected chi connectivity index (χ2v) is 3.79. The van der Waals surface area contributed by atoms with Crippen molar-refractivity contribution in [1.82, 2.24) is 0 Å². The molecule has 0 bridgehead atoms. The van der Waals surface area contributed by atoms with E-state index in [0.29, 0.717) is 10.7 Å². The Balaban J connectivity index is 2.35. The van der Waals surface area contributed by atoms with Crippen molar-refractivity contribution < 1.29 is 4.84 Å². The molecule has 0 saturated heterocycles. The van der Waals surface area contributed by atoms with Crippen LogP contribution in [0, 0.1) is 17.2 Å². The molecular formula is C11H9ClN2O. The van der Waals surface area contributed by atoms with Gasteiger partial charge in [0.15, 0.2) is 6.10 Å². The molecule has 2 atom stereocenters. The Kier molecular flexibility index (Phi) is 2.61. The van der Waals surface area contributed by atoms with Gasteiger partial charge in [-0.1, -0.05) is 35.0 Å². The van der Waals surface area contributed by atoms with Gasteiger partial charge in [0.1, 0.15) is 5.92 Å². The summed E-state index contributed by atoms with van der Waals surface area (Å²) in [5.74, 6) is -0.343. The van der Waals surface area contributed by atoms with Crippen molar-refractivity contribution >= 4 is 17.3 Å². The molecule has 15 heavy (non-hydrogen) atoms. The van der Waals surface area contributed by atoms with Gasteiger partial charge in [-0.25, -0.2) is 0 Å². The van der Waals surface area contributed by atoms with Gasteiger partial charge >= 0.3 is 0 Å². The molecule has 0 N–H and O–H groups in total. The number of nitrogens with zero attached hydrogens (tertiary/aromatic N) is 2. The highest BCUT2D eigenvalue weighted by Crippen LogP contribution is 2.35. The van der Waals surface area contributed by atoms with Gasteiger partial charge in [-0.3, -0.25) is 0 Å². The molecule has 1 aromatic carbocycles. The maximum Gasteiger partial charge on any atom is 0.175 e. The summed E-state index contributed by atoms with van der Waals surface area (Å²) in [6, 6.07) is 9.52. The molecule has 1 aromatic rings. The van der Waals surface area contributed by atoms with Crippen molar-refractivity contribution in [3.05, 3.63) is 34.9 Å². The van der Waals surface area contributed by atoms with Crippen LogP contribution in [0.5, 0.6) is 0 Å². The number of rotatable bonds is 1. The van der Waals surface area contributed by atoms with E-state index in [1.165, 1.54) is 0 Å². The lowest BCUT2D eigenvalue weighted by atomic mass is 9.94. The Hall–Kier alpha value is -1.53. The predicted molar refractivity (Wildman–Crippen MR) is 57.5 cm³/mol. The Bertz CT molecular complexity index is 450. The van der Waals surface area contributed by atoms with Gasteiger partial charge in [0.25, 0.3) is 0 Å². The topological polar surface area (TPSA) is 45.4 Å². The van der Waals surface area contributed by atoms with Crippen molar-refractivity contribution in [2.45, 2.75) is 13.0 Å². The van der Waals surface area contributed by atoms with Crippen LogP contribution >= 0.6 is 11.6 Å².